The van der Waals surface area contributed by atoms with Crippen LogP contribution in [0.4, 0.5) is 0 Å². The lowest BCUT2D eigenvalue weighted by Gasteiger charge is -2.06. The Hall–Kier alpha value is -0.570. The summed E-state index contributed by atoms with van der Waals surface area (Å²) in [4.78, 5) is 11.3. The largest absolute Gasteiger partial charge is 0.463 e. The third kappa shape index (κ3) is 15.4. The molecule has 0 rings (SSSR count). The van der Waals surface area contributed by atoms with E-state index in [0.29, 0.717) is 19.6 Å². The first-order valence-electron chi connectivity index (χ1n) is 8.04. The van der Waals surface area contributed by atoms with Gasteiger partial charge in [0.1, 0.15) is 6.61 Å². The molecule has 3 heteroatoms. The van der Waals surface area contributed by atoms with Crippen molar-refractivity contribution >= 4 is 5.97 Å². The van der Waals surface area contributed by atoms with Crippen LogP contribution in [0, 0.1) is 0 Å². The van der Waals surface area contributed by atoms with E-state index in [2.05, 4.69) is 13.8 Å². The molecule has 0 aliphatic rings. The molecule has 0 atom stereocenters. The Labute approximate surface area is 119 Å². The zero-order valence-corrected chi connectivity index (χ0v) is 12.9. The van der Waals surface area contributed by atoms with Crippen LogP contribution in [0.25, 0.3) is 0 Å². The molecule has 0 saturated carbocycles. The number of rotatable bonds is 14. The SMILES string of the molecule is CCCCCCCCOCCOC(=O)CCCCC. The zero-order valence-electron chi connectivity index (χ0n) is 12.9. The summed E-state index contributed by atoms with van der Waals surface area (Å²) in [5.74, 6) is -0.0865. The molecule has 0 heterocycles. The molecule has 0 unspecified atom stereocenters. The molecule has 0 spiro atoms. The first kappa shape index (κ1) is 18.4. The first-order chi connectivity index (χ1) is 9.31. The first-order valence-corrected chi connectivity index (χ1v) is 8.04. The number of hydrogen-bond donors (Lipinski definition) is 0. The van der Waals surface area contributed by atoms with Crippen LogP contribution in [-0.2, 0) is 14.3 Å². The Morgan fingerprint density at radius 1 is 0.737 bits per heavy atom. The second kappa shape index (κ2) is 15.5. The number of hydrogen-bond acceptors (Lipinski definition) is 3. The Bertz CT molecular complexity index is 192. The second-order valence-electron chi connectivity index (χ2n) is 5.06. The summed E-state index contributed by atoms with van der Waals surface area (Å²) in [6, 6.07) is 0. The van der Waals surface area contributed by atoms with Crippen molar-refractivity contribution in [1.82, 2.24) is 0 Å². The molecule has 114 valence electrons. The van der Waals surface area contributed by atoms with Gasteiger partial charge in [0.25, 0.3) is 0 Å². The zero-order chi connectivity index (χ0) is 14.2. The standard InChI is InChI=1S/C16H32O3/c1-3-5-7-8-9-11-13-18-14-15-19-16(17)12-10-6-4-2/h3-15H2,1-2H3. The fourth-order valence-corrected chi connectivity index (χ4v) is 1.89. The van der Waals surface area contributed by atoms with Crippen LogP contribution < -0.4 is 0 Å². The fourth-order valence-electron chi connectivity index (χ4n) is 1.89. The monoisotopic (exact) mass is 272 g/mol. The minimum atomic E-state index is -0.0865. The topological polar surface area (TPSA) is 35.5 Å². The van der Waals surface area contributed by atoms with Crippen LogP contribution >= 0.6 is 0 Å². The molecule has 0 bridgehead atoms. The quantitative estimate of drug-likeness (QED) is 0.345. The van der Waals surface area contributed by atoms with Gasteiger partial charge >= 0.3 is 5.97 Å². The van der Waals surface area contributed by atoms with Gasteiger partial charge in [0, 0.05) is 13.0 Å². The van der Waals surface area contributed by atoms with E-state index in [1.54, 1.807) is 0 Å². The van der Waals surface area contributed by atoms with E-state index < -0.39 is 0 Å². The summed E-state index contributed by atoms with van der Waals surface area (Å²) >= 11 is 0. The van der Waals surface area contributed by atoms with Gasteiger partial charge in [-0.2, -0.15) is 0 Å². The van der Waals surface area contributed by atoms with E-state index in [4.69, 9.17) is 9.47 Å². The number of unbranched alkanes of at least 4 members (excludes halogenated alkanes) is 7. The molecule has 0 aromatic rings. The molecule has 0 N–H and O–H groups in total. The van der Waals surface area contributed by atoms with E-state index >= 15 is 0 Å². The van der Waals surface area contributed by atoms with Crippen LogP contribution in [0.2, 0.25) is 0 Å². The van der Waals surface area contributed by atoms with Crippen LogP contribution in [0.3, 0.4) is 0 Å². The number of esters is 1. The van der Waals surface area contributed by atoms with Crippen molar-refractivity contribution in [1.29, 1.82) is 0 Å². The van der Waals surface area contributed by atoms with Gasteiger partial charge in [0.2, 0.25) is 0 Å². The molecule has 0 amide bonds. The highest BCUT2D eigenvalue weighted by Crippen LogP contribution is 2.05. The Morgan fingerprint density at radius 3 is 2.11 bits per heavy atom. The molecular weight excluding hydrogens is 240 g/mol. The van der Waals surface area contributed by atoms with Crippen LogP contribution in [0.1, 0.15) is 78.1 Å². The molecule has 3 nitrogen and oxygen atoms in total. The van der Waals surface area contributed by atoms with E-state index in [-0.39, 0.29) is 5.97 Å². The van der Waals surface area contributed by atoms with Gasteiger partial charge < -0.3 is 9.47 Å². The van der Waals surface area contributed by atoms with Gasteiger partial charge in [-0.15, -0.1) is 0 Å². The van der Waals surface area contributed by atoms with Crippen molar-refractivity contribution in [3.63, 3.8) is 0 Å². The average Bonchev–Trinajstić information content (AvgIpc) is 2.41. The predicted octanol–water partition coefficient (Wildman–Crippen LogP) is 4.49. The lowest BCUT2D eigenvalue weighted by molar-refractivity contribution is -0.145. The molecule has 0 fully saturated rings. The van der Waals surface area contributed by atoms with Gasteiger partial charge in [-0.05, 0) is 12.8 Å². The van der Waals surface area contributed by atoms with Gasteiger partial charge in [0.05, 0.1) is 6.61 Å². The minimum absolute atomic E-state index is 0.0865. The number of ether oxygens (including phenoxy) is 2. The van der Waals surface area contributed by atoms with Crippen molar-refractivity contribution in [2.75, 3.05) is 19.8 Å². The van der Waals surface area contributed by atoms with Gasteiger partial charge in [-0.25, -0.2) is 0 Å². The summed E-state index contributed by atoms with van der Waals surface area (Å²) < 4.78 is 10.5. The lowest BCUT2D eigenvalue weighted by atomic mass is 10.1. The molecule has 0 radical (unpaired) electrons. The molecule has 0 aromatic heterocycles. The highest BCUT2D eigenvalue weighted by atomic mass is 16.6. The maximum absolute atomic E-state index is 11.3. The third-order valence-electron chi connectivity index (χ3n) is 3.12. The van der Waals surface area contributed by atoms with Crippen LogP contribution in [0.15, 0.2) is 0 Å². The predicted molar refractivity (Wildman–Crippen MR) is 79.3 cm³/mol. The van der Waals surface area contributed by atoms with Crippen molar-refractivity contribution in [3.8, 4) is 0 Å². The average molecular weight is 272 g/mol. The number of carbonyl (C=O) groups excluding carboxylic acids is 1. The molecular formula is C16H32O3. The Balaban J connectivity index is 3.07. The smallest absolute Gasteiger partial charge is 0.305 e. The van der Waals surface area contributed by atoms with Gasteiger partial charge in [0.15, 0.2) is 0 Å². The van der Waals surface area contributed by atoms with Crippen molar-refractivity contribution in [3.05, 3.63) is 0 Å². The molecule has 0 aliphatic heterocycles. The molecule has 19 heavy (non-hydrogen) atoms. The van der Waals surface area contributed by atoms with Gasteiger partial charge in [-0.3, -0.25) is 4.79 Å². The fraction of sp³-hybridized carbons (Fsp3) is 0.938. The normalized spacial score (nSPS) is 10.6. The number of carbonyl (C=O) groups is 1. The lowest BCUT2D eigenvalue weighted by Crippen LogP contribution is -2.10. The molecule has 0 aromatic carbocycles. The third-order valence-corrected chi connectivity index (χ3v) is 3.12. The van der Waals surface area contributed by atoms with Crippen LogP contribution in [-0.4, -0.2) is 25.8 Å². The maximum Gasteiger partial charge on any atom is 0.305 e. The van der Waals surface area contributed by atoms with Crippen molar-refractivity contribution < 1.29 is 14.3 Å². The second-order valence-corrected chi connectivity index (χ2v) is 5.06. The van der Waals surface area contributed by atoms with Gasteiger partial charge in [-0.1, -0.05) is 58.8 Å². The van der Waals surface area contributed by atoms with E-state index in [9.17, 15) is 4.79 Å². The van der Waals surface area contributed by atoms with Crippen LogP contribution in [0.5, 0.6) is 0 Å². The summed E-state index contributed by atoms with van der Waals surface area (Å²) in [5, 5.41) is 0. The van der Waals surface area contributed by atoms with E-state index in [1.165, 1.54) is 32.1 Å². The molecule has 0 aliphatic carbocycles. The highest BCUT2D eigenvalue weighted by molar-refractivity contribution is 5.69. The maximum atomic E-state index is 11.3. The minimum Gasteiger partial charge on any atom is -0.463 e. The summed E-state index contributed by atoms with van der Waals surface area (Å²) in [6.45, 7) is 6.09. The molecule has 0 saturated heterocycles. The van der Waals surface area contributed by atoms with E-state index in [0.717, 1.165) is 32.3 Å². The summed E-state index contributed by atoms with van der Waals surface area (Å²) in [5.41, 5.74) is 0. The van der Waals surface area contributed by atoms with Crippen molar-refractivity contribution in [2.24, 2.45) is 0 Å². The van der Waals surface area contributed by atoms with Crippen molar-refractivity contribution in [2.45, 2.75) is 78.1 Å². The van der Waals surface area contributed by atoms with E-state index in [1.807, 2.05) is 0 Å². The summed E-state index contributed by atoms with van der Waals surface area (Å²) in [6.07, 6.45) is 11.4. The summed E-state index contributed by atoms with van der Waals surface area (Å²) in [7, 11) is 0. The Morgan fingerprint density at radius 2 is 1.37 bits per heavy atom. The Kier molecular flexibility index (Phi) is 15.0. The highest BCUT2D eigenvalue weighted by Gasteiger charge is 2.01.